The molecule has 1 aromatic carbocycles. The van der Waals surface area contributed by atoms with Crippen molar-refractivity contribution in [3.8, 4) is 5.75 Å². The van der Waals surface area contributed by atoms with Crippen molar-refractivity contribution in [3.63, 3.8) is 0 Å². The molecular weight excluding hydrogens is 399 g/mol. The lowest BCUT2D eigenvalue weighted by Crippen LogP contribution is -2.45. The Labute approximate surface area is 173 Å². The van der Waals surface area contributed by atoms with Crippen molar-refractivity contribution in [2.24, 2.45) is 4.99 Å². The Kier molecular flexibility index (Phi) is 7.03. The van der Waals surface area contributed by atoms with Crippen molar-refractivity contribution in [1.82, 2.24) is 15.3 Å². The fourth-order valence-electron chi connectivity index (χ4n) is 2.86. The minimum Gasteiger partial charge on any atom is -0.409 e. The van der Waals surface area contributed by atoms with Crippen LogP contribution in [-0.4, -0.2) is 52.3 Å². The molecule has 0 aliphatic carbocycles. The summed E-state index contributed by atoms with van der Waals surface area (Å²) in [6.45, 7) is 6.54. The Bertz CT molecular complexity index is 818. The van der Waals surface area contributed by atoms with Gasteiger partial charge in [0.1, 0.15) is 16.6 Å². The fourth-order valence-corrected chi connectivity index (χ4v) is 4.11. The minimum absolute atomic E-state index is 0.164. The summed E-state index contributed by atoms with van der Waals surface area (Å²) in [4.78, 5) is 19.5. The minimum atomic E-state index is -0.508. The first-order valence-electron chi connectivity index (χ1n) is 9.31. The number of nitrogens with zero attached hydrogens (tertiary/aromatic N) is 3. The van der Waals surface area contributed by atoms with Crippen LogP contribution in [0.3, 0.4) is 0 Å². The highest BCUT2D eigenvalue weighted by Crippen LogP contribution is 2.33. The van der Waals surface area contributed by atoms with Gasteiger partial charge < -0.3 is 9.64 Å². The molecule has 0 saturated carbocycles. The van der Waals surface area contributed by atoms with E-state index in [1.54, 1.807) is 12.1 Å². The van der Waals surface area contributed by atoms with E-state index in [4.69, 9.17) is 17.0 Å². The molecule has 0 radical (unpaired) electrons. The Morgan fingerprint density at radius 2 is 2.21 bits per heavy atom. The van der Waals surface area contributed by atoms with Gasteiger partial charge in [-0.2, -0.15) is 0 Å². The van der Waals surface area contributed by atoms with Crippen molar-refractivity contribution < 1.29 is 13.9 Å². The van der Waals surface area contributed by atoms with Crippen LogP contribution in [0.4, 0.5) is 9.18 Å². The van der Waals surface area contributed by atoms with Gasteiger partial charge >= 0.3 is 6.09 Å². The predicted octanol–water partition coefficient (Wildman–Crippen LogP) is 4.04. The van der Waals surface area contributed by atoms with Crippen LogP contribution in [-0.2, 0) is 0 Å². The zero-order valence-corrected chi connectivity index (χ0v) is 17.5. The highest BCUT2D eigenvalue weighted by atomic mass is 32.2. The summed E-state index contributed by atoms with van der Waals surface area (Å²) in [7, 11) is 0. The van der Waals surface area contributed by atoms with Gasteiger partial charge in [0, 0.05) is 37.8 Å². The number of carbonyl (C=O) groups is 1. The lowest BCUT2D eigenvalue weighted by molar-refractivity contribution is 0.157. The maximum absolute atomic E-state index is 13.8. The molecule has 2 heterocycles. The summed E-state index contributed by atoms with van der Waals surface area (Å²) in [5.74, 6) is -0.307. The number of amidine groups is 1. The summed E-state index contributed by atoms with van der Waals surface area (Å²) in [6, 6.07) is 4.12. The highest BCUT2D eigenvalue weighted by Gasteiger charge is 2.25. The number of benzene rings is 1. The monoisotopic (exact) mass is 422 g/mol. The summed E-state index contributed by atoms with van der Waals surface area (Å²) in [5.41, 5.74) is 3.89. The van der Waals surface area contributed by atoms with Gasteiger partial charge in [0.15, 0.2) is 5.17 Å². The van der Waals surface area contributed by atoms with Gasteiger partial charge in [-0.15, -0.1) is 0 Å². The number of halogens is 1. The number of rotatable bonds is 4. The summed E-state index contributed by atoms with van der Waals surface area (Å²) < 4.78 is 19.2. The van der Waals surface area contributed by atoms with Gasteiger partial charge in [0.25, 0.3) is 0 Å². The van der Waals surface area contributed by atoms with E-state index >= 15 is 0 Å². The van der Waals surface area contributed by atoms with Crippen LogP contribution in [0.15, 0.2) is 28.1 Å². The first-order chi connectivity index (χ1) is 13.5. The summed E-state index contributed by atoms with van der Waals surface area (Å²) in [6.07, 6.45) is 3.52. The molecule has 28 heavy (non-hydrogen) atoms. The number of aliphatic imine (C=N–C) groups is 1. The topological polar surface area (TPSA) is 57.2 Å². The summed E-state index contributed by atoms with van der Waals surface area (Å²) in [5, 5.41) is 2.81. The number of carbonyl (C=O) groups excluding carboxylic acids is 1. The predicted molar refractivity (Wildman–Crippen MR) is 115 cm³/mol. The largest absolute Gasteiger partial charge is 0.415 e. The molecule has 0 bridgehead atoms. The normalized spacial score (nSPS) is 18.4. The number of thioether (sulfide) groups is 1. The maximum Gasteiger partial charge on any atom is 0.415 e. The van der Waals surface area contributed by atoms with Gasteiger partial charge in [-0.1, -0.05) is 12.2 Å². The van der Waals surface area contributed by atoms with Crippen LogP contribution in [0.25, 0.3) is 6.08 Å². The van der Waals surface area contributed by atoms with Gasteiger partial charge in [-0.3, -0.25) is 5.01 Å². The van der Waals surface area contributed by atoms with E-state index in [0.717, 1.165) is 36.0 Å². The number of thiocarbonyl (C=S) groups is 1. The van der Waals surface area contributed by atoms with Gasteiger partial charge in [0.2, 0.25) is 0 Å². The second kappa shape index (κ2) is 9.49. The molecule has 2 aliphatic heterocycles. The van der Waals surface area contributed by atoms with Gasteiger partial charge in [0.05, 0.1) is 4.91 Å². The van der Waals surface area contributed by atoms with Crippen molar-refractivity contribution in [2.45, 2.75) is 26.7 Å². The van der Waals surface area contributed by atoms with Crippen molar-refractivity contribution in [1.29, 1.82) is 0 Å². The third-order valence-corrected chi connectivity index (χ3v) is 5.90. The lowest BCUT2D eigenvalue weighted by Gasteiger charge is -2.28. The van der Waals surface area contributed by atoms with E-state index in [0.29, 0.717) is 23.6 Å². The molecule has 1 saturated heterocycles. The van der Waals surface area contributed by atoms with Crippen molar-refractivity contribution >= 4 is 46.3 Å². The second-order valence-corrected chi connectivity index (χ2v) is 7.70. The van der Waals surface area contributed by atoms with Crippen LogP contribution >= 0.6 is 24.0 Å². The zero-order valence-electron chi connectivity index (χ0n) is 15.9. The molecule has 1 amide bonds. The van der Waals surface area contributed by atoms with Crippen molar-refractivity contribution in [3.05, 3.63) is 34.5 Å². The molecule has 0 aromatic heterocycles. The van der Waals surface area contributed by atoms with Crippen LogP contribution in [0.2, 0.25) is 0 Å². The maximum atomic E-state index is 13.8. The van der Waals surface area contributed by atoms with E-state index in [-0.39, 0.29) is 5.75 Å². The first kappa shape index (κ1) is 20.8. The van der Waals surface area contributed by atoms with Gasteiger partial charge in [-0.05, 0) is 56.7 Å². The average molecular weight is 423 g/mol. The molecule has 9 heteroatoms. The molecule has 1 fully saturated rings. The average Bonchev–Trinajstić information content (AvgIpc) is 3.06. The van der Waals surface area contributed by atoms with Crippen LogP contribution < -0.4 is 10.2 Å². The molecule has 1 aromatic rings. The Morgan fingerprint density at radius 3 is 2.89 bits per heavy atom. The Hall–Kier alpha value is -1.97. The second-order valence-electron chi connectivity index (χ2n) is 6.30. The zero-order chi connectivity index (χ0) is 20.1. The van der Waals surface area contributed by atoms with Crippen LogP contribution in [0, 0.1) is 5.82 Å². The van der Waals surface area contributed by atoms with Crippen LogP contribution in [0.1, 0.15) is 32.3 Å². The summed E-state index contributed by atoms with van der Waals surface area (Å²) >= 11 is 6.86. The quantitative estimate of drug-likeness (QED) is 0.584. The fraction of sp³-hybridized carbons (Fsp3) is 0.421. The molecule has 3 rings (SSSR count). The molecule has 150 valence electrons. The van der Waals surface area contributed by atoms with E-state index in [2.05, 4.69) is 10.4 Å². The number of hydrogen-bond donors (Lipinski definition) is 1. The Morgan fingerprint density at radius 1 is 1.43 bits per heavy atom. The van der Waals surface area contributed by atoms with Crippen LogP contribution in [0.5, 0.6) is 5.75 Å². The molecular formula is C19H23FN4O2S2. The standard InChI is InChI=1S/C19H23FN4O2S2/c1-3-23(4-2)19(25)26-15-12-14(20)8-7-13(15)11-16-17(27)22-18(28-16)24-10-6-5-9-21-24/h7-8,11-12,21H,3-6,9-10H2,1-2H3. The molecule has 6 nitrogen and oxygen atoms in total. The highest BCUT2D eigenvalue weighted by molar-refractivity contribution is 8.19. The Balaban J connectivity index is 1.80. The third-order valence-electron chi connectivity index (χ3n) is 4.43. The molecule has 0 atom stereocenters. The van der Waals surface area contributed by atoms with Gasteiger partial charge in [-0.25, -0.2) is 19.6 Å². The number of ether oxygens (including phenoxy) is 1. The van der Waals surface area contributed by atoms with E-state index in [1.807, 2.05) is 18.9 Å². The number of hydrogen-bond acceptors (Lipinski definition) is 6. The van der Waals surface area contributed by atoms with E-state index < -0.39 is 11.9 Å². The smallest absolute Gasteiger partial charge is 0.409 e. The molecule has 0 spiro atoms. The van der Waals surface area contributed by atoms with Crippen molar-refractivity contribution in [2.75, 3.05) is 26.2 Å². The number of amides is 1. The van der Waals surface area contributed by atoms with E-state index in [1.165, 1.54) is 28.8 Å². The molecule has 1 N–H and O–H groups in total. The lowest BCUT2D eigenvalue weighted by atomic mass is 10.2. The molecule has 2 aliphatic rings. The first-order valence-corrected chi connectivity index (χ1v) is 10.5. The number of nitrogens with one attached hydrogen (secondary N) is 1. The third kappa shape index (κ3) is 4.89. The SMILES string of the molecule is CCN(CC)C(=O)Oc1cc(F)ccc1C=C1SC(N2CCCCN2)=NC1=S. The number of hydrazine groups is 1. The molecule has 0 unspecified atom stereocenters. The van der Waals surface area contributed by atoms with E-state index in [9.17, 15) is 9.18 Å².